The summed E-state index contributed by atoms with van der Waals surface area (Å²) in [7, 11) is 3.75. The number of hydrogen-bond acceptors (Lipinski definition) is 7. The molecule has 0 saturated heterocycles. The zero-order valence-electron chi connectivity index (χ0n) is 16.3. The van der Waals surface area contributed by atoms with E-state index < -0.39 is 0 Å². The summed E-state index contributed by atoms with van der Waals surface area (Å²) in [6.45, 7) is 4.25. The standard InChI is InChI=1S/C20H22N8/c1-12(2)13-8-19(26-23-10-13)25-18-6-5-16-17(24-18)7-14(9-22-16)15-11-28(4)27-20(15)21-3/h5-12H,1-4H3,(H,21,27)(H,24,25,26). The molecule has 4 heterocycles. The highest BCUT2D eigenvalue weighted by atomic mass is 15.3. The molecule has 0 saturated carbocycles. The third kappa shape index (κ3) is 3.48. The molecule has 0 bridgehead atoms. The predicted octanol–water partition coefficient (Wildman–Crippen LogP) is 3.73. The van der Waals surface area contributed by atoms with Gasteiger partial charge in [-0.3, -0.25) is 9.67 Å². The molecule has 0 aliphatic rings. The van der Waals surface area contributed by atoms with Crippen LogP contribution in [0.3, 0.4) is 0 Å². The van der Waals surface area contributed by atoms with Gasteiger partial charge in [-0.05, 0) is 35.7 Å². The van der Waals surface area contributed by atoms with E-state index in [1.807, 2.05) is 50.8 Å². The van der Waals surface area contributed by atoms with Crippen molar-refractivity contribution in [2.24, 2.45) is 7.05 Å². The lowest BCUT2D eigenvalue weighted by Crippen LogP contribution is -2.00. The molecule has 2 N–H and O–H groups in total. The number of fused-ring (bicyclic) bond motifs is 1. The second-order valence-electron chi connectivity index (χ2n) is 6.93. The first kappa shape index (κ1) is 17.8. The number of nitrogens with one attached hydrogen (secondary N) is 2. The summed E-state index contributed by atoms with van der Waals surface area (Å²) in [6.07, 6.45) is 5.59. The topological polar surface area (TPSA) is 93.4 Å². The van der Waals surface area contributed by atoms with Crippen LogP contribution in [0.2, 0.25) is 0 Å². The molecule has 0 unspecified atom stereocenters. The molecule has 0 spiro atoms. The Kier molecular flexibility index (Phi) is 4.60. The second kappa shape index (κ2) is 7.22. The predicted molar refractivity (Wildman–Crippen MR) is 111 cm³/mol. The molecule has 0 amide bonds. The average Bonchev–Trinajstić information content (AvgIpc) is 3.08. The highest BCUT2D eigenvalue weighted by molar-refractivity contribution is 5.84. The molecule has 0 aliphatic carbocycles. The van der Waals surface area contributed by atoms with Crippen LogP contribution in [-0.4, -0.2) is 37.0 Å². The van der Waals surface area contributed by atoms with Gasteiger partial charge in [-0.15, -0.1) is 5.10 Å². The summed E-state index contributed by atoms with van der Waals surface area (Å²) >= 11 is 0. The number of pyridine rings is 2. The van der Waals surface area contributed by atoms with Crippen LogP contribution < -0.4 is 10.6 Å². The third-order valence-corrected chi connectivity index (χ3v) is 4.51. The van der Waals surface area contributed by atoms with Gasteiger partial charge in [0, 0.05) is 37.6 Å². The van der Waals surface area contributed by atoms with Crippen molar-refractivity contribution < 1.29 is 0 Å². The van der Waals surface area contributed by atoms with Gasteiger partial charge in [0.15, 0.2) is 11.6 Å². The van der Waals surface area contributed by atoms with Crippen molar-refractivity contribution >= 4 is 28.5 Å². The Morgan fingerprint density at radius 3 is 2.68 bits per heavy atom. The lowest BCUT2D eigenvalue weighted by atomic mass is 10.1. The van der Waals surface area contributed by atoms with Crippen LogP contribution in [0, 0.1) is 0 Å². The largest absolute Gasteiger partial charge is 0.371 e. The summed E-state index contributed by atoms with van der Waals surface area (Å²) in [5, 5.41) is 19.0. The molecule has 0 aromatic carbocycles. The number of rotatable bonds is 5. The van der Waals surface area contributed by atoms with Crippen LogP contribution in [0.1, 0.15) is 25.3 Å². The Bertz CT molecular complexity index is 1130. The minimum atomic E-state index is 0.383. The molecule has 0 radical (unpaired) electrons. The number of aryl methyl sites for hydroxylation is 1. The lowest BCUT2D eigenvalue weighted by Gasteiger charge is -2.09. The van der Waals surface area contributed by atoms with Crippen LogP contribution in [0.4, 0.5) is 17.5 Å². The van der Waals surface area contributed by atoms with Crippen molar-refractivity contribution in [3.8, 4) is 11.1 Å². The van der Waals surface area contributed by atoms with Gasteiger partial charge in [-0.1, -0.05) is 13.8 Å². The normalized spacial score (nSPS) is 11.2. The Balaban J connectivity index is 1.69. The molecule has 8 heteroatoms. The molecule has 4 aromatic heterocycles. The number of aromatic nitrogens is 6. The van der Waals surface area contributed by atoms with E-state index in [4.69, 9.17) is 4.98 Å². The van der Waals surface area contributed by atoms with Crippen LogP contribution in [0.15, 0.2) is 42.9 Å². The Morgan fingerprint density at radius 1 is 1.04 bits per heavy atom. The molecule has 142 valence electrons. The van der Waals surface area contributed by atoms with Crippen molar-refractivity contribution in [2.45, 2.75) is 19.8 Å². The monoisotopic (exact) mass is 374 g/mol. The molecular weight excluding hydrogens is 352 g/mol. The van der Waals surface area contributed by atoms with Crippen LogP contribution in [-0.2, 0) is 7.05 Å². The highest BCUT2D eigenvalue weighted by Gasteiger charge is 2.11. The summed E-state index contributed by atoms with van der Waals surface area (Å²) in [6, 6.07) is 7.84. The summed E-state index contributed by atoms with van der Waals surface area (Å²) < 4.78 is 1.77. The SMILES string of the molecule is CNc1nn(C)cc1-c1cnc2ccc(Nc3cc(C(C)C)cnn3)nc2c1. The Hall–Kier alpha value is -3.55. The molecule has 0 aliphatic heterocycles. The van der Waals surface area contributed by atoms with Gasteiger partial charge in [0.2, 0.25) is 0 Å². The van der Waals surface area contributed by atoms with Gasteiger partial charge >= 0.3 is 0 Å². The smallest absolute Gasteiger partial charge is 0.155 e. The molecule has 28 heavy (non-hydrogen) atoms. The Morgan fingerprint density at radius 2 is 1.89 bits per heavy atom. The zero-order chi connectivity index (χ0) is 19.7. The minimum absolute atomic E-state index is 0.383. The van der Waals surface area contributed by atoms with Crippen molar-refractivity contribution in [1.29, 1.82) is 0 Å². The fraction of sp³-hybridized carbons (Fsp3) is 0.250. The fourth-order valence-electron chi connectivity index (χ4n) is 3.00. The maximum atomic E-state index is 4.70. The first-order valence-corrected chi connectivity index (χ1v) is 9.11. The van der Waals surface area contributed by atoms with E-state index in [2.05, 4.69) is 44.8 Å². The third-order valence-electron chi connectivity index (χ3n) is 4.51. The van der Waals surface area contributed by atoms with Crippen LogP contribution >= 0.6 is 0 Å². The number of nitrogens with zero attached hydrogens (tertiary/aromatic N) is 6. The maximum Gasteiger partial charge on any atom is 0.155 e. The van der Waals surface area contributed by atoms with Crippen molar-refractivity contribution in [2.75, 3.05) is 17.7 Å². The van der Waals surface area contributed by atoms with Crippen LogP contribution in [0.5, 0.6) is 0 Å². The first-order chi connectivity index (χ1) is 13.5. The van der Waals surface area contributed by atoms with Gasteiger partial charge in [-0.25, -0.2) is 4.98 Å². The van der Waals surface area contributed by atoms with E-state index in [0.717, 1.165) is 33.5 Å². The molecule has 0 fully saturated rings. The van der Waals surface area contributed by atoms with Crippen molar-refractivity contribution in [3.63, 3.8) is 0 Å². The summed E-state index contributed by atoms with van der Waals surface area (Å²) in [5.74, 6) is 2.56. The molecule has 4 rings (SSSR count). The highest BCUT2D eigenvalue weighted by Crippen LogP contribution is 2.28. The van der Waals surface area contributed by atoms with E-state index in [1.54, 1.807) is 10.9 Å². The van der Waals surface area contributed by atoms with Crippen molar-refractivity contribution in [3.05, 3.63) is 48.4 Å². The van der Waals surface area contributed by atoms with E-state index in [9.17, 15) is 0 Å². The quantitative estimate of drug-likeness (QED) is 0.550. The number of hydrogen-bond donors (Lipinski definition) is 2. The number of anilines is 3. The van der Waals surface area contributed by atoms with E-state index in [-0.39, 0.29) is 0 Å². The van der Waals surface area contributed by atoms with E-state index in [0.29, 0.717) is 17.6 Å². The second-order valence-corrected chi connectivity index (χ2v) is 6.93. The summed E-state index contributed by atoms with van der Waals surface area (Å²) in [4.78, 5) is 9.25. The van der Waals surface area contributed by atoms with Gasteiger partial charge in [0.25, 0.3) is 0 Å². The zero-order valence-corrected chi connectivity index (χ0v) is 16.3. The first-order valence-electron chi connectivity index (χ1n) is 9.11. The van der Waals surface area contributed by atoms with Gasteiger partial charge < -0.3 is 10.6 Å². The van der Waals surface area contributed by atoms with Crippen LogP contribution in [0.25, 0.3) is 22.2 Å². The van der Waals surface area contributed by atoms with E-state index in [1.165, 1.54) is 0 Å². The lowest BCUT2D eigenvalue weighted by molar-refractivity contribution is 0.770. The molecule has 4 aromatic rings. The Labute approximate surface area is 163 Å². The fourth-order valence-corrected chi connectivity index (χ4v) is 3.00. The molecule has 0 atom stereocenters. The molecular formula is C20H22N8. The van der Waals surface area contributed by atoms with Gasteiger partial charge in [0.1, 0.15) is 5.82 Å². The van der Waals surface area contributed by atoms with E-state index >= 15 is 0 Å². The molecule has 8 nitrogen and oxygen atoms in total. The van der Waals surface area contributed by atoms with Gasteiger partial charge in [0.05, 0.1) is 17.2 Å². The summed E-state index contributed by atoms with van der Waals surface area (Å²) in [5.41, 5.74) is 4.68. The maximum absolute atomic E-state index is 4.70. The average molecular weight is 374 g/mol. The van der Waals surface area contributed by atoms with Gasteiger partial charge in [-0.2, -0.15) is 10.2 Å². The van der Waals surface area contributed by atoms with Crippen molar-refractivity contribution in [1.82, 2.24) is 29.9 Å². The minimum Gasteiger partial charge on any atom is -0.371 e.